The lowest BCUT2D eigenvalue weighted by Gasteiger charge is -2.37. The van der Waals surface area contributed by atoms with Crippen molar-refractivity contribution in [3.63, 3.8) is 0 Å². The molecule has 1 atom stereocenters. The topological polar surface area (TPSA) is 29.3 Å². The molecule has 1 rings (SSSR count). The third-order valence-electron chi connectivity index (χ3n) is 3.32. The zero-order valence-corrected chi connectivity index (χ0v) is 9.19. The van der Waals surface area contributed by atoms with Crippen LogP contribution in [0, 0.1) is 11.3 Å². The quantitative estimate of drug-likeness (QED) is 0.759. The van der Waals surface area contributed by atoms with Crippen LogP contribution in [0.5, 0.6) is 0 Å². The zero-order valence-electron chi connectivity index (χ0n) is 9.19. The predicted octanol–water partition coefficient (Wildman–Crippen LogP) is 1.56. The van der Waals surface area contributed by atoms with Crippen LogP contribution >= 0.6 is 0 Å². The van der Waals surface area contributed by atoms with E-state index in [1.807, 2.05) is 11.9 Å². The molecule has 14 heavy (non-hydrogen) atoms. The van der Waals surface area contributed by atoms with Gasteiger partial charge in [-0.15, -0.1) is 0 Å². The van der Waals surface area contributed by atoms with Crippen molar-refractivity contribution >= 4 is 0 Å². The lowest BCUT2D eigenvalue weighted by Crippen LogP contribution is -2.48. The largest absolute Gasteiger partial charge is 0.330 e. The Morgan fingerprint density at radius 3 is 2.36 bits per heavy atom. The van der Waals surface area contributed by atoms with E-state index in [9.17, 15) is 8.78 Å². The summed E-state index contributed by atoms with van der Waals surface area (Å²) in [7, 11) is 1.88. The average Bonchev–Trinajstić information content (AvgIpc) is 2.52. The average molecular weight is 206 g/mol. The molecule has 0 spiro atoms. The minimum atomic E-state index is -2.66. The maximum atomic E-state index is 14.0. The number of nitrogens with two attached hydrogens (primary N) is 1. The van der Waals surface area contributed by atoms with Crippen LogP contribution in [0.3, 0.4) is 0 Å². The van der Waals surface area contributed by atoms with Gasteiger partial charge in [-0.2, -0.15) is 0 Å². The summed E-state index contributed by atoms with van der Waals surface area (Å²) in [4.78, 5) is 1.95. The molecule has 84 valence electrons. The van der Waals surface area contributed by atoms with Gasteiger partial charge in [0, 0.05) is 24.4 Å². The first-order valence-electron chi connectivity index (χ1n) is 5.07. The molecule has 0 aromatic heterocycles. The molecular weight excluding hydrogens is 186 g/mol. The highest BCUT2D eigenvalue weighted by Crippen LogP contribution is 2.44. The minimum Gasteiger partial charge on any atom is -0.330 e. The first-order valence-corrected chi connectivity index (χ1v) is 5.07. The highest BCUT2D eigenvalue weighted by molar-refractivity contribution is 4.95. The number of nitrogens with zero attached hydrogens (tertiary/aromatic N) is 1. The molecule has 1 aliphatic heterocycles. The molecule has 1 fully saturated rings. The summed E-state index contributed by atoms with van der Waals surface area (Å²) in [6.45, 7) is 4.37. The number of halogens is 2. The lowest BCUT2D eigenvalue weighted by molar-refractivity contribution is -0.142. The first kappa shape index (κ1) is 11.9. The molecule has 0 saturated carbocycles. The van der Waals surface area contributed by atoms with Crippen LogP contribution in [-0.2, 0) is 0 Å². The van der Waals surface area contributed by atoms with Crippen LogP contribution < -0.4 is 5.73 Å². The van der Waals surface area contributed by atoms with Crippen LogP contribution in [0.1, 0.15) is 20.3 Å². The summed E-state index contributed by atoms with van der Waals surface area (Å²) in [5.41, 5.74) is 4.31. The Morgan fingerprint density at radius 2 is 2.00 bits per heavy atom. The first-order chi connectivity index (χ1) is 6.31. The zero-order chi connectivity index (χ0) is 11.0. The van der Waals surface area contributed by atoms with Crippen molar-refractivity contribution in [2.75, 3.05) is 26.7 Å². The van der Waals surface area contributed by atoms with Crippen LogP contribution in [0.25, 0.3) is 0 Å². The molecule has 0 aromatic rings. The predicted molar refractivity (Wildman–Crippen MR) is 53.4 cm³/mol. The van der Waals surface area contributed by atoms with Crippen molar-refractivity contribution in [3.8, 4) is 0 Å². The van der Waals surface area contributed by atoms with E-state index in [2.05, 4.69) is 0 Å². The van der Waals surface area contributed by atoms with Crippen molar-refractivity contribution in [2.45, 2.75) is 26.2 Å². The molecule has 0 aliphatic carbocycles. The molecule has 1 aliphatic rings. The Hall–Kier alpha value is -0.220. The molecule has 2 N–H and O–H groups in total. The Bertz CT molecular complexity index is 204. The fourth-order valence-electron chi connectivity index (χ4n) is 1.92. The van der Waals surface area contributed by atoms with Crippen LogP contribution in [0.15, 0.2) is 0 Å². The van der Waals surface area contributed by atoms with E-state index < -0.39 is 17.3 Å². The number of alkyl halides is 2. The van der Waals surface area contributed by atoms with E-state index in [1.165, 1.54) is 0 Å². The van der Waals surface area contributed by atoms with Gasteiger partial charge in [-0.05, 0) is 20.0 Å². The Balaban J connectivity index is 2.74. The summed E-state index contributed by atoms with van der Waals surface area (Å²) >= 11 is 0. The summed E-state index contributed by atoms with van der Waals surface area (Å²) in [5, 5.41) is 0. The smallest absolute Gasteiger partial charge is 0.258 e. The number of likely N-dealkylation sites (tertiary alicyclic amines) is 1. The number of hydrogen-bond acceptors (Lipinski definition) is 2. The monoisotopic (exact) mass is 206 g/mol. The molecule has 4 heteroatoms. The highest BCUT2D eigenvalue weighted by atomic mass is 19.3. The van der Waals surface area contributed by atoms with Gasteiger partial charge in [0.05, 0.1) is 0 Å². The van der Waals surface area contributed by atoms with E-state index in [0.29, 0.717) is 13.0 Å². The Morgan fingerprint density at radius 1 is 1.43 bits per heavy atom. The van der Waals surface area contributed by atoms with Crippen LogP contribution in [0.2, 0.25) is 0 Å². The van der Waals surface area contributed by atoms with Gasteiger partial charge in [0.2, 0.25) is 0 Å². The van der Waals surface area contributed by atoms with E-state index >= 15 is 0 Å². The fraction of sp³-hybridized carbons (Fsp3) is 1.00. The summed E-state index contributed by atoms with van der Waals surface area (Å²) in [5.74, 6) is -3.20. The number of hydrogen-bond donors (Lipinski definition) is 1. The maximum absolute atomic E-state index is 14.0. The molecule has 1 saturated heterocycles. The van der Waals surface area contributed by atoms with Crippen molar-refractivity contribution in [3.05, 3.63) is 0 Å². The van der Waals surface area contributed by atoms with Gasteiger partial charge in [-0.1, -0.05) is 13.8 Å². The van der Waals surface area contributed by atoms with Gasteiger partial charge in [-0.25, -0.2) is 8.78 Å². The van der Waals surface area contributed by atoms with Gasteiger partial charge in [-0.3, -0.25) is 0 Å². The second-order valence-electron chi connectivity index (χ2n) is 4.96. The summed E-state index contributed by atoms with van der Waals surface area (Å²) < 4.78 is 27.9. The Kier molecular flexibility index (Phi) is 3.17. The highest BCUT2D eigenvalue weighted by Gasteiger charge is 2.52. The van der Waals surface area contributed by atoms with Crippen molar-refractivity contribution in [1.29, 1.82) is 0 Å². The molecule has 0 radical (unpaired) electrons. The van der Waals surface area contributed by atoms with E-state index in [4.69, 9.17) is 5.73 Å². The minimum absolute atomic E-state index is 0.0280. The van der Waals surface area contributed by atoms with Crippen molar-refractivity contribution in [2.24, 2.45) is 17.1 Å². The van der Waals surface area contributed by atoms with E-state index in [0.717, 1.165) is 6.54 Å². The van der Waals surface area contributed by atoms with Gasteiger partial charge >= 0.3 is 0 Å². The van der Waals surface area contributed by atoms with Gasteiger partial charge in [0.1, 0.15) is 0 Å². The molecule has 0 bridgehead atoms. The summed E-state index contributed by atoms with van der Waals surface area (Å²) in [6, 6.07) is 0. The molecule has 1 heterocycles. The van der Waals surface area contributed by atoms with Crippen LogP contribution in [-0.4, -0.2) is 37.5 Å². The SMILES string of the molecule is CN1CCC(C(F)(F)C(C)(C)CN)C1. The summed E-state index contributed by atoms with van der Waals surface area (Å²) in [6.07, 6.45) is 0.576. The molecule has 0 aromatic carbocycles. The normalized spacial score (nSPS) is 25.7. The maximum Gasteiger partial charge on any atom is 0.258 e. The van der Waals surface area contributed by atoms with Crippen LogP contribution in [0.4, 0.5) is 8.78 Å². The standard InChI is InChI=1S/C10H20F2N2/c1-9(2,7-13)10(11,12)8-4-5-14(3)6-8/h8H,4-7,13H2,1-3H3. The van der Waals surface area contributed by atoms with Crippen molar-refractivity contribution in [1.82, 2.24) is 4.90 Å². The van der Waals surface area contributed by atoms with Gasteiger partial charge < -0.3 is 10.6 Å². The van der Waals surface area contributed by atoms with Gasteiger partial charge in [0.15, 0.2) is 0 Å². The molecule has 1 unspecified atom stereocenters. The van der Waals surface area contributed by atoms with Gasteiger partial charge in [0.25, 0.3) is 5.92 Å². The molecule has 0 amide bonds. The Labute approximate surface area is 84.4 Å². The lowest BCUT2D eigenvalue weighted by atomic mass is 9.78. The fourth-order valence-corrected chi connectivity index (χ4v) is 1.92. The third kappa shape index (κ3) is 1.91. The third-order valence-corrected chi connectivity index (χ3v) is 3.32. The van der Waals surface area contributed by atoms with E-state index in [-0.39, 0.29) is 6.54 Å². The van der Waals surface area contributed by atoms with E-state index in [1.54, 1.807) is 13.8 Å². The molecule has 2 nitrogen and oxygen atoms in total. The second-order valence-corrected chi connectivity index (χ2v) is 4.96. The number of rotatable bonds is 3. The molecular formula is C10H20F2N2. The van der Waals surface area contributed by atoms with Crippen molar-refractivity contribution < 1.29 is 8.78 Å². The second kappa shape index (κ2) is 3.74.